The molecule has 1 amide bonds. The molecule has 126 valence electrons. The summed E-state index contributed by atoms with van der Waals surface area (Å²) < 4.78 is 15.8. The van der Waals surface area contributed by atoms with Crippen molar-refractivity contribution in [3.63, 3.8) is 0 Å². The molecule has 0 aliphatic carbocycles. The minimum absolute atomic E-state index is 0.190. The molecule has 2 aromatic rings. The molecular formula is C18H20N2O4. The molecule has 0 spiro atoms. The number of hydrogen-bond donors (Lipinski definition) is 1. The van der Waals surface area contributed by atoms with E-state index in [-0.39, 0.29) is 12.3 Å². The Morgan fingerprint density at radius 2 is 1.67 bits per heavy atom. The Bertz CT molecular complexity index is 689. The number of carbonyl (C=O) groups excluding carboxylic acids is 1. The Morgan fingerprint density at radius 3 is 2.21 bits per heavy atom. The van der Waals surface area contributed by atoms with Gasteiger partial charge in [0.2, 0.25) is 11.7 Å². The quantitative estimate of drug-likeness (QED) is 0.626. The van der Waals surface area contributed by atoms with Gasteiger partial charge in [-0.2, -0.15) is 5.10 Å². The van der Waals surface area contributed by atoms with E-state index in [4.69, 9.17) is 14.2 Å². The predicted molar refractivity (Wildman–Crippen MR) is 92.0 cm³/mol. The van der Waals surface area contributed by atoms with Gasteiger partial charge in [-0.05, 0) is 17.7 Å². The van der Waals surface area contributed by atoms with E-state index in [2.05, 4.69) is 10.5 Å². The van der Waals surface area contributed by atoms with Crippen LogP contribution in [0.15, 0.2) is 47.6 Å². The number of rotatable bonds is 7. The van der Waals surface area contributed by atoms with Crippen LogP contribution in [0.5, 0.6) is 17.2 Å². The highest BCUT2D eigenvalue weighted by Crippen LogP contribution is 2.37. The maximum absolute atomic E-state index is 11.9. The van der Waals surface area contributed by atoms with Gasteiger partial charge in [-0.25, -0.2) is 5.43 Å². The molecule has 0 unspecified atom stereocenters. The lowest BCUT2D eigenvalue weighted by Crippen LogP contribution is -2.19. The van der Waals surface area contributed by atoms with E-state index in [1.807, 2.05) is 30.3 Å². The Hall–Kier alpha value is -3.02. The van der Waals surface area contributed by atoms with E-state index in [9.17, 15) is 4.79 Å². The third kappa shape index (κ3) is 4.49. The Balaban J connectivity index is 2.04. The average Bonchev–Trinajstić information content (AvgIpc) is 2.61. The summed E-state index contributed by atoms with van der Waals surface area (Å²) in [6, 6.07) is 13.0. The van der Waals surface area contributed by atoms with Crippen LogP contribution in [-0.4, -0.2) is 33.5 Å². The highest BCUT2D eigenvalue weighted by Gasteiger charge is 2.12. The van der Waals surface area contributed by atoms with Crippen molar-refractivity contribution in [3.8, 4) is 17.2 Å². The molecule has 0 aliphatic rings. The third-order valence-corrected chi connectivity index (χ3v) is 3.30. The van der Waals surface area contributed by atoms with Crippen LogP contribution >= 0.6 is 0 Å². The first-order valence-electron chi connectivity index (χ1n) is 7.33. The Kier molecular flexibility index (Phi) is 6.19. The van der Waals surface area contributed by atoms with Crippen LogP contribution in [0.2, 0.25) is 0 Å². The fourth-order valence-electron chi connectivity index (χ4n) is 2.18. The summed E-state index contributed by atoms with van der Waals surface area (Å²) in [5, 5.41) is 3.97. The zero-order chi connectivity index (χ0) is 17.4. The molecule has 0 bridgehead atoms. The van der Waals surface area contributed by atoms with Crippen molar-refractivity contribution in [1.82, 2.24) is 5.43 Å². The molecule has 0 aromatic heterocycles. The highest BCUT2D eigenvalue weighted by atomic mass is 16.5. The van der Waals surface area contributed by atoms with E-state index >= 15 is 0 Å². The number of methoxy groups -OCH3 is 3. The van der Waals surface area contributed by atoms with Crippen LogP contribution in [0.1, 0.15) is 11.1 Å². The summed E-state index contributed by atoms with van der Waals surface area (Å²) in [6.07, 6.45) is 1.79. The Morgan fingerprint density at radius 1 is 1.04 bits per heavy atom. The van der Waals surface area contributed by atoms with E-state index < -0.39 is 0 Å². The summed E-state index contributed by atoms with van der Waals surface area (Å²) >= 11 is 0. The summed E-state index contributed by atoms with van der Waals surface area (Å²) in [6.45, 7) is 0. The van der Waals surface area contributed by atoms with Crippen LogP contribution < -0.4 is 19.6 Å². The molecule has 0 aliphatic heterocycles. The highest BCUT2D eigenvalue weighted by molar-refractivity contribution is 5.85. The number of carbonyl (C=O) groups is 1. The minimum atomic E-state index is -0.190. The molecule has 1 N–H and O–H groups in total. The molecule has 2 rings (SSSR count). The Labute approximate surface area is 141 Å². The first kappa shape index (κ1) is 17.3. The normalized spacial score (nSPS) is 10.5. The van der Waals surface area contributed by atoms with Crippen LogP contribution in [-0.2, 0) is 11.2 Å². The summed E-state index contributed by atoms with van der Waals surface area (Å²) in [7, 11) is 4.62. The molecular weight excluding hydrogens is 308 g/mol. The number of benzene rings is 2. The van der Waals surface area contributed by atoms with E-state index in [1.54, 1.807) is 26.4 Å². The van der Waals surface area contributed by atoms with Crippen molar-refractivity contribution in [2.75, 3.05) is 21.3 Å². The molecule has 0 saturated carbocycles. The van der Waals surface area contributed by atoms with Gasteiger partial charge in [-0.1, -0.05) is 30.3 Å². The summed E-state index contributed by atoms with van der Waals surface area (Å²) in [5.74, 6) is 1.36. The molecule has 0 fully saturated rings. The molecule has 6 nitrogen and oxygen atoms in total. The van der Waals surface area contributed by atoms with Crippen molar-refractivity contribution >= 4 is 12.1 Å². The van der Waals surface area contributed by atoms with Gasteiger partial charge < -0.3 is 14.2 Å². The van der Waals surface area contributed by atoms with Crippen molar-refractivity contribution in [3.05, 3.63) is 53.6 Å². The molecule has 0 atom stereocenters. The van der Waals surface area contributed by atoms with Gasteiger partial charge in [-0.15, -0.1) is 0 Å². The van der Waals surface area contributed by atoms with Gasteiger partial charge in [0.15, 0.2) is 11.5 Å². The smallest absolute Gasteiger partial charge is 0.244 e. The van der Waals surface area contributed by atoms with Gasteiger partial charge in [0, 0.05) is 5.56 Å². The lowest BCUT2D eigenvalue weighted by molar-refractivity contribution is -0.120. The van der Waals surface area contributed by atoms with Gasteiger partial charge in [-0.3, -0.25) is 4.79 Å². The maximum Gasteiger partial charge on any atom is 0.244 e. The van der Waals surface area contributed by atoms with Gasteiger partial charge >= 0.3 is 0 Å². The second kappa shape index (κ2) is 8.57. The summed E-state index contributed by atoms with van der Waals surface area (Å²) in [5.41, 5.74) is 4.14. The fourth-order valence-corrected chi connectivity index (χ4v) is 2.18. The second-order valence-corrected chi connectivity index (χ2v) is 4.91. The maximum atomic E-state index is 11.9. The van der Waals surface area contributed by atoms with E-state index in [0.717, 1.165) is 5.56 Å². The molecule has 0 heterocycles. The summed E-state index contributed by atoms with van der Waals surface area (Å²) in [4.78, 5) is 11.9. The number of nitrogens with zero attached hydrogens (tertiary/aromatic N) is 1. The van der Waals surface area contributed by atoms with Gasteiger partial charge in [0.05, 0.1) is 34.0 Å². The standard InChI is InChI=1S/C18H20N2O4/c1-22-15-9-14(10-16(23-2)18(15)24-3)12-19-20-17(21)11-13-7-5-4-6-8-13/h4-10,12H,11H2,1-3H3,(H,20,21). The van der Waals surface area contributed by atoms with E-state index in [0.29, 0.717) is 22.8 Å². The largest absolute Gasteiger partial charge is 0.493 e. The number of hydrogen-bond acceptors (Lipinski definition) is 5. The lowest BCUT2D eigenvalue weighted by Gasteiger charge is -2.12. The first-order valence-corrected chi connectivity index (χ1v) is 7.33. The van der Waals surface area contributed by atoms with Crippen molar-refractivity contribution in [2.45, 2.75) is 6.42 Å². The number of hydrazone groups is 1. The first-order chi connectivity index (χ1) is 11.7. The molecule has 24 heavy (non-hydrogen) atoms. The van der Waals surface area contributed by atoms with Crippen molar-refractivity contribution in [2.24, 2.45) is 5.10 Å². The second-order valence-electron chi connectivity index (χ2n) is 4.91. The van der Waals surface area contributed by atoms with Crippen LogP contribution in [0, 0.1) is 0 Å². The van der Waals surface area contributed by atoms with Crippen LogP contribution in [0.3, 0.4) is 0 Å². The topological polar surface area (TPSA) is 69.2 Å². The predicted octanol–water partition coefficient (Wildman–Crippen LogP) is 2.41. The van der Waals surface area contributed by atoms with Gasteiger partial charge in [0.1, 0.15) is 0 Å². The average molecular weight is 328 g/mol. The SMILES string of the molecule is COc1cc(C=NNC(=O)Cc2ccccc2)cc(OC)c1OC. The van der Waals surface area contributed by atoms with Gasteiger partial charge in [0.25, 0.3) is 0 Å². The van der Waals surface area contributed by atoms with Crippen LogP contribution in [0.25, 0.3) is 0 Å². The lowest BCUT2D eigenvalue weighted by atomic mass is 10.1. The van der Waals surface area contributed by atoms with Crippen LogP contribution in [0.4, 0.5) is 0 Å². The van der Waals surface area contributed by atoms with E-state index in [1.165, 1.54) is 13.3 Å². The van der Waals surface area contributed by atoms with Crippen molar-refractivity contribution in [1.29, 1.82) is 0 Å². The molecule has 2 aromatic carbocycles. The number of nitrogens with one attached hydrogen (secondary N) is 1. The number of amides is 1. The number of ether oxygens (including phenoxy) is 3. The fraction of sp³-hybridized carbons (Fsp3) is 0.222. The monoisotopic (exact) mass is 328 g/mol. The molecule has 6 heteroatoms. The molecule has 0 saturated heterocycles. The zero-order valence-corrected chi connectivity index (χ0v) is 13.9. The molecule has 0 radical (unpaired) electrons. The zero-order valence-electron chi connectivity index (χ0n) is 13.9. The third-order valence-electron chi connectivity index (χ3n) is 3.30. The minimum Gasteiger partial charge on any atom is -0.493 e. The van der Waals surface area contributed by atoms with Crippen molar-refractivity contribution < 1.29 is 19.0 Å².